The number of fused-ring (bicyclic) bond motifs is 9. The molecule has 45 heavy (non-hydrogen) atoms. The quantitative estimate of drug-likeness (QED) is 0.216. The predicted octanol–water partition coefficient (Wildman–Crippen LogP) is 11.0. The third kappa shape index (κ3) is 3.63. The van der Waals surface area contributed by atoms with Crippen molar-refractivity contribution in [2.75, 3.05) is 0 Å². The van der Waals surface area contributed by atoms with Crippen LogP contribution in [0.25, 0.3) is 75.2 Å². The fourth-order valence-corrected chi connectivity index (χ4v) is 8.43. The molecule has 1 aliphatic heterocycles. The minimum atomic E-state index is 0.00613. The number of dihydropyridines is 1. The lowest BCUT2D eigenvalue weighted by atomic mass is 10.0. The number of hydrogen-bond donors (Lipinski definition) is 1. The molecule has 0 saturated heterocycles. The fourth-order valence-electron chi connectivity index (χ4n) is 7.37. The number of nitrogens with zero attached hydrogens (tertiary/aromatic N) is 2. The maximum atomic E-state index is 3.87. The zero-order valence-electron chi connectivity index (χ0n) is 24.3. The molecule has 6 aromatic carbocycles. The molecule has 0 fully saturated rings. The van der Waals surface area contributed by atoms with Gasteiger partial charge in [0.1, 0.15) is 6.17 Å². The first-order valence-electron chi connectivity index (χ1n) is 15.4. The van der Waals surface area contributed by atoms with Crippen LogP contribution in [-0.2, 0) is 0 Å². The number of allylic oxidation sites excluding steroid dienone is 2. The summed E-state index contributed by atoms with van der Waals surface area (Å²) in [6, 6.07) is 48.7. The van der Waals surface area contributed by atoms with Crippen LogP contribution in [0.4, 0.5) is 0 Å². The fraction of sp³-hybridized carbons (Fsp3) is 0.0244. The van der Waals surface area contributed by atoms with Crippen LogP contribution in [0.3, 0.4) is 0 Å². The maximum Gasteiger partial charge on any atom is 0.123 e. The van der Waals surface area contributed by atoms with Crippen molar-refractivity contribution in [2.45, 2.75) is 6.17 Å². The van der Waals surface area contributed by atoms with Crippen LogP contribution in [0.1, 0.15) is 11.7 Å². The third-order valence-corrected chi connectivity index (χ3v) is 10.5. The molecule has 0 amide bonds. The van der Waals surface area contributed by atoms with Crippen molar-refractivity contribution in [3.63, 3.8) is 0 Å². The normalized spacial score (nSPS) is 15.1. The summed E-state index contributed by atoms with van der Waals surface area (Å²) in [6.45, 7) is 0. The average molecular weight is 594 g/mol. The van der Waals surface area contributed by atoms with E-state index in [4.69, 9.17) is 0 Å². The van der Waals surface area contributed by atoms with E-state index in [9.17, 15) is 0 Å². The summed E-state index contributed by atoms with van der Waals surface area (Å²) < 4.78 is 7.44. The molecular formula is C41H27N3S. The summed E-state index contributed by atoms with van der Waals surface area (Å²) in [4.78, 5) is 0. The predicted molar refractivity (Wildman–Crippen MR) is 192 cm³/mol. The van der Waals surface area contributed by atoms with Crippen molar-refractivity contribution in [1.29, 1.82) is 0 Å². The van der Waals surface area contributed by atoms with Crippen LogP contribution < -0.4 is 5.32 Å². The second kappa shape index (κ2) is 9.46. The Bertz CT molecular complexity index is 2590. The van der Waals surface area contributed by atoms with Crippen LogP contribution in [-0.4, -0.2) is 9.13 Å². The summed E-state index contributed by atoms with van der Waals surface area (Å²) in [7, 11) is 0. The molecule has 9 aromatic rings. The number of aromatic nitrogens is 2. The van der Waals surface area contributed by atoms with Gasteiger partial charge in [-0.2, -0.15) is 0 Å². The van der Waals surface area contributed by atoms with Gasteiger partial charge in [-0.1, -0.05) is 84.9 Å². The van der Waals surface area contributed by atoms with E-state index in [-0.39, 0.29) is 6.17 Å². The highest BCUT2D eigenvalue weighted by Gasteiger charge is 2.20. The summed E-state index contributed by atoms with van der Waals surface area (Å²) in [5, 5.41) is 11.6. The molecule has 4 heterocycles. The number of benzene rings is 6. The van der Waals surface area contributed by atoms with Crippen LogP contribution in [0, 0.1) is 0 Å². The van der Waals surface area contributed by atoms with Gasteiger partial charge < -0.3 is 14.5 Å². The highest BCUT2D eigenvalue weighted by Crippen LogP contribution is 2.39. The van der Waals surface area contributed by atoms with Gasteiger partial charge in [-0.15, -0.1) is 11.3 Å². The number of nitrogens with one attached hydrogen (secondary N) is 1. The third-order valence-electron chi connectivity index (χ3n) is 9.36. The first kappa shape index (κ1) is 24.8. The van der Waals surface area contributed by atoms with Gasteiger partial charge in [0.2, 0.25) is 0 Å². The lowest BCUT2D eigenvalue weighted by Crippen LogP contribution is -2.25. The van der Waals surface area contributed by atoms with E-state index in [0.717, 1.165) is 5.70 Å². The van der Waals surface area contributed by atoms with E-state index in [1.54, 1.807) is 0 Å². The molecule has 1 aliphatic rings. The summed E-state index contributed by atoms with van der Waals surface area (Å²) in [6.07, 6.45) is 6.64. The molecule has 0 aliphatic carbocycles. The highest BCUT2D eigenvalue weighted by molar-refractivity contribution is 7.25. The Morgan fingerprint density at radius 1 is 0.511 bits per heavy atom. The first-order valence-corrected chi connectivity index (χ1v) is 16.2. The molecule has 3 nitrogen and oxygen atoms in total. The van der Waals surface area contributed by atoms with E-state index >= 15 is 0 Å². The zero-order valence-corrected chi connectivity index (χ0v) is 25.1. The molecule has 1 unspecified atom stereocenters. The van der Waals surface area contributed by atoms with Crippen LogP contribution in [0.15, 0.2) is 152 Å². The van der Waals surface area contributed by atoms with E-state index in [1.165, 1.54) is 75.0 Å². The van der Waals surface area contributed by atoms with Crippen LogP contribution >= 0.6 is 11.3 Å². The van der Waals surface area contributed by atoms with E-state index in [2.05, 4.69) is 166 Å². The lowest BCUT2D eigenvalue weighted by molar-refractivity contribution is 0.589. The Morgan fingerprint density at radius 3 is 1.69 bits per heavy atom. The van der Waals surface area contributed by atoms with Crippen molar-refractivity contribution in [1.82, 2.24) is 14.5 Å². The smallest absolute Gasteiger partial charge is 0.123 e. The standard InChI is InChI=1S/C41H27N3S/c1-5-15-35-28(10-1)29-11-2-6-16-36(29)43(35)27-21-23-40-33(25-27)32-24-26(20-22-39(32)45-40)34-14-9-19-41(42-34)44-37-17-7-3-12-30(37)31-13-4-8-18-38(31)44/h1-25,41-42H. The van der Waals surface area contributed by atoms with Crippen LogP contribution in [0.5, 0.6) is 0 Å². The molecule has 1 atom stereocenters. The SMILES string of the molecule is C1=CC(n2c3ccccc3c3ccccc32)NC(c2ccc3sc4ccc(-n5c6ccccc6c6ccccc65)cc4c3c2)=C1. The Balaban J connectivity index is 1.09. The average Bonchev–Trinajstić information content (AvgIpc) is 3.75. The molecule has 4 heteroatoms. The molecule has 0 bridgehead atoms. The molecule has 0 spiro atoms. The Kier molecular flexibility index (Phi) is 5.22. The second-order valence-corrected chi connectivity index (χ2v) is 12.9. The molecule has 0 radical (unpaired) electrons. The number of thiophene rings is 1. The van der Waals surface area contributed by atoms with Gasteiger partial charge in [0.05, 0.1) is 22.1 Å². The van der Waals surface area contributed by atoms with Crippen molar-refractivity contribution in [3.05, 3.63) is 157 Å². The molecule has 0 saturated carbocycles. The van der Waals surface area contributed by atoms with Crippen molar-refractivity contribution < 1.29 is 0 Å². The van der Waals surface area contributed by atoms with Gasteiger partial charge >= 0.3 is 0 Å². The van der Waals surface area contributed by atoms with Crippen LogP contribution in [0.2, 0.25) is 0 Å². The van der Waals surface area contributed by atoms with Gasteiger partial charge in [0.25, 0.3) is 0 Å². The van der Waals surface area contributed by atoms with Gasteiger partial charge in [-0.3, -0.25) is 0 Å². The monoisotopic (exact) mass is 593 g/mol. The molecule has 1 N–H and O–H groups in total. The number of rotatable bonds is 3. The van der Waals surface area contributed by atoms with E-state index < -0.39 is 0 Å². The van der Waals surface area contributed by atoms with E-state index in [0.29, 0.717) is 0 Å². The van der Waals surface area contributed by atoms with Gasteiger partial charge in [0, 0.05) is 53.1 Å². The number of hydrogen-bond acceptors (Lipinski definition) is 2. The Labute approximate surface area is 263 Å². The second-order valence-electron chi connectivity index (χ2n) is 11.8. The Hall–Kier alpha value is -5.58. The minimum Gasteiger partial charge on any atom is -0.361 e. The minimum absolute atomic E-state index is 0.00613. The number of para-hydroxylation sites is 4. The summed E-state index contributed by atoms with van der Waals surface area (Å²) >= 11 is 1.86. The molecular weight excluding hydrogens is 567 g/mol. The van der Waals surface area contributed by atoms with E-state index in [1.807, 2.05) is 11.3 Å². The highest BCUT2D eigenvalue weighted by atomic mass is 32.1. The molecule has 3 aromatic heterocycles. The largest absolute Gasteiger partial charge is 0.361 e. The topological polar surface area (TPSA) is 21.9 Å². The molecule has 212 valence electrons. The summed E-state index contributed by atoms with van der Waals surface area (Å²) in [5.74, 6) is 0. The van der Waals surface area contributed by atoms with Gasteiger partial charge in [-0.25, -0.2) is 0 Å². The van der Waals surface area contributed by atoms with Crippen molar-refractivity contribution in [2.24, 2.45) is 0 Å². The zero-order chi connectivity index (χ0) is 29.5. The molecule has 10 rings (SSSR count). The Morgan fingerprint density at radius 2 is 1.04 bits per heavy atom. The van der Waals surface area contributed by atoms with Gasteiger partial charge in [-0.05, 0) is 72.3 Å². The van der Waals surface area contributed by atoms with Gasteiger partial charge in [0.15, 0.2) is 0 Å². The first-order chi connectivity index (χ1) is 22.3. The van der Waals surface area contributed by atoms with Crippen molar-refractivity contribution in [3.8, 4) is 5.69 Å². The maximum absolute atomic E-state index is 3.87. The summed E-state index contributed by atoms with van der Waals surface area (Å²) in [5.41, 5.74) is 8.45. The lowest BCUT2D eigenvalue weighted by Gasteiger charge is -2.25. The van der Waals surface area contributed by atoms with Crippen molar-refractivity contribution >= 4 is 80.8 Å².